The van der Waals surface area contributed by atoms with Crippen LogP contribution in [0, 0.1) is 0 Å². The lowest BCUT2D eigenvalue weighted by Crippen LogP contribution is -2.57. The van der Waals surface area contributed by atoms with Crippen LogP contribution in [0.1, 0.15) is 143 Å². The standard InChI is InChI=1S/C72H60BNO/c1-45(2)49-42-53(46(3)4)70(54(43-49)47(5)6)73-63-36-20-23-39-67(63)75-68-44-48(40-41-64(68)73)69-51-26-10-12-28-55(51)71(56-29-13-11-27-52(56)69)57-30-14-16-32-59(57)72(60-33-17-15-31-58(60)71)61-34-18-21-37-65(61)74(50-24-8-7-9-25-50)66-38-22-19-35-62(66)72/h7-47,69H,1-6H3. The topological polar surface area (TPSA) is 12.5 Å². The minimum absolute atomic E-state index is 0.0293. The Hall–Kier alpha value is -8.14. The molecule has 0 atom stereocenters. The molecule has 75 heavy (non-hydrogen) atoms. The lowest BCUT2D eigenvalue weighted by atomic mass is 9.33. The maximum Gasteiger partial charge on any atom is 0.251 e. The van der Waals surface area contributed by atoms with Gasteiger partial charge < -0.3 is 9.64 Å². The van der Waals surface area contributed by atoms with E-state index in [0.717, 1.165) is 17.2 Å². The van der Waals surface area contributed by atoms with E-state index < -0.39 is 10.8 Å². The minimum Gasteiger partial charge on any atom is -0.458 e. The number of para-hydroxylation sites is 4. The Labute approximate surface area is 443 Å². The largest absolute Gasteiger partial charge is 0.458 e. The van der Waals surface area contributed by atoms with Gasteiger partial charge in [0.05, 0.1) is 22.2 Å². The van der Waals surface area contributed by atoms with Crippen molar-refractivity contribution in [3.8, 4) is 11.5 Å². The van der Waals surface area contributed by atoms with Gasteiger partial charge in [-0.2, -0.15) is 0 Å². The van der Waals surface area contributed by atoms with Crippen molar-refractivity contribution in [2.45, 2.75) is 76.0 Å². The number of hydrogen-bond acceptors (Lipinski definition) is 2. The Morgan fingerprint density at radius 3 is 1.33 bits per heavy atom. The molecule has 2 aliphatic heterocycles. The highest BCUT2D eigenvalue weighted by molar-refractivity contribution is 6.97. The second kappa shape index (κ2) is 17.2. The smallest absolute Gasteiger partial charge is 0.251 e. The van der Waals surface area contributed by atoms with Crippen molar-refractivity contribution in [2.75, 3.05) is 4.90 Å². The molecular formula is C72H60BNO. The summed E-state index contributed by atoms with van der Waals surface area (Å²) in [5, 5.41) is 0. The molecule has 0 radical (unpaired) electrons. The van der Waals surface area contributed by atoms with E-state index in [9.17, 15) is 0 Å². The van der Waals surface area contributed by atoms with Crippen molar-refractivity contribution < 1.29 is 4.74 Å². The van der Waals surface area contributed by atoms with Crippen LogP contribution in [-0.4, -0.2) is 6.71 Å². The lowest BCUT2D eigenvalue weighted by Gasteiger charge is -2.55. The summed E-state index contributed by atoms with van der Waals surface area (Å²) in [6.45, 7) is 14.1. The number of rotatable bonds is 6. The molecule has 0 saturated carbocycles. The average molecular weight is 966 g/mol. The third-order valence-electron chi connectivity index (χ3n) is 17.5. The zero-order valence-corrected chi connectivity index (χ0v) is 43.7. The van der Waals surface area contributed by atoms with Crippen molar-refractivity contribution in [2.24, 2.45) is 0 Å². The van der Waals surface area contributed by atoms with Gasteiger partial charge in [-0.05, 0) is 143 Å². The first kappa shape index (κ1) is 45.5. The van der Waals surface area contributed by atoms with Crippen LogP contribution in [0.2, 0.25) is 0 Å². The molecule has 2 nitrogen and oxygen atoms in total. The molecule has 2 heterocycles. The minimum atomic E-state index is -0.639. The van der Waals surface area contributed by atoms with Gasteiger partial charge in [0.25, 0.3) is 6.71 Å². The zero-order chi connectivity index (χ0) is 50.7. The first-order chi connectivity index (χ1) is 36.7. The molecule has 3 heteroatoms. The summed E-state index contributed by atoms with van der Waals surface area (Å²) in [6.07, 6.45) is 0. The second-order valence-electron chi connectivity index (χ2n) is 22.4. The SMILES string of the molecule is CC(C)c1cc(C(C)C)c(B2c3ccccc3Oc3cc(C4c5ccccc5C5(c6ccccc64)c4ccccc4C4(c6ccccc6N(c6ccccc6)c6ccccc64)c4ccccc45)ccc32)c(C(C)C)c1. The highest BCUT2D eigenvalue weighted by Gasteiger charge is 2.59. The summed E-state index contributed by atoms with van der Waals surface area (Å²) in [5.74, 6) is 2.98. The molecule has 0 unspecified atom stereocenters. The molecule has 0 amide bonds. The van der Waals surface area contributed by atoms with Crippen LogP contribution in [0.25, 0.3) is 0 Å². The summed E-state index contributed by atoms with van der Waals surface area (Å²) in [4.78, 5) is 2.47. The van der Waals surface area contributed by atoms with Crippen LogP contribution in [0.4, 0.5) is 17.1 Å². The van der Waals surface area contributed by atoms with E-state index in [-0.39, 0.29) is 12.6 Å². The summed E-state index contributed by atoms with van der Waals surface area (Å²) < 4.78 is 7.16. The van der Waals surface area contributed by atoms with E-state index in [0.29, 0.717) is 17.8 Å². The first-order valence-corrected chi connectivity index (χ1v) is 27.2. The van der Waals surface area contributed by atoms with Crippen LogP contribution in [0.15, 0.2) is 231 Å². The Balaban J connectivity index is 1.00. The summed E-state index contributed by atoms with van der Waals surface area (Å²) in [6, 6.07) is 87.8. The van der Waals surface area contributed by atoms with Crippen LogP contribution >= 0.6 is 0 Å². The fraction of sp³-hybridized carbons (Fsp3) is 0.167. The van der Waals surface area contributed by atoms with E-state index >= 15 is 0 Å². The van der Waals surface area contributed by atoms with Gasteiger partial charge in [0, 0.05) is 11.6 Å². The van der Waals surface area contributed by atoms with Crippen molar-refractivity contribution in [3.05, 3.63) is 308 Å². The zero-order valence-electron chi connectivity index (χ0n) is 43.7. The van der Waals surface area contributed by atoms with Gasteiger partial charge in [-0.3, -0.25) is 0 Å². The summed E-state index contributed by atoms with van der Waals surface area (Å²) >= 11 is 0. The number of hydrogen-bond donors (Lipinski definition) is 0. The molecule has 362 valence electrons. The summed E-state index contributed by atoms with van der Waals surface area (Å²) in [5.41, 5.74) is 24.8. The number of fused-ring (bicyclic) bond motifs is 16. The average Bonchev–Trinajstić information content (AvgIpc) is 3.49. The summed E-state index contributed by atoms with van der Waals surface area (Å²) in [7, 11) is 0. The number of ether oxygens (including phenoxy) is 1. The molecule has 14 rings (SSSR count). The maximum absolute atomic E-state index is 7.16. The van der Waals surface area contributed by atoms with Crippen LogP contribution < -0.4 is 26.0 Å². The van der Waals surface area contributed by atoms with E-state index in [1.165, 1.54) is 106 Å². The van der Waals surface area contributed by atoms with E-state index in [1.54, 1.807) is 0 Å². The molecule has 0 N–H and O–H groups in total. The Morgan fingerprint density at radius 2 is 0.813 bits per heavy atom. The lowest BCUT2D eigenvalue weighted by molar-refractivity contribution is 0.486. The van der Waals surface area contributed by atoms with Gasteiger partial charge >= 0.3 is 0 Å². The predicted octanol–water partition coefficient (Wildman–Crippen LogP) is 16.0. The molecule has 0 fully saturated rings. The van der Waals surface area contributed by atoms with Gasteiger partial charge in [-0.15, -0.1) is 0 Å². The van der Waals surface area contributed by atoms with Crippen LogP contribution in [0.3, 0.4) is 0 Å². The van der Waals surface area contributed by atoms with Gasteiger partial charge in [-0.25, -0.2) is 0 Å². The van der Waals surface area contributed by atoms with Crippen molar-refractivity contribution in [3.63, 3.8) is 0 Å². The van der Waals surface area contributed by atoms with Crippen LogP contribution in [0.5, 0.6) is 11.5 Å². The predicted molar refractivity (Wildman–Crippen MR) is 312 cm³/mol. The Morgan fingerprint density at radius 1 is 0.387 bits per heavy atom. The number of benzene rings is 10. The van der Waals surface area contributed by atoms with E-state index in [4.69, 9.17) is 4.74 Å². The molecule has 0 saturated heterocycles. The second-order valence-corrected chi connectivity index (χ2v) is 22.4. The third kappa shape index (κ3) is 6.34. The van der Waals surface area contributed by atoms with Crippen molar-refractivity contribution in [1.29, 1.82) is 0 Å². The molecule has 0 aromatic heterocycles. The maximum atomic E-state index is 7.16. The Kier molecular flexibility index (Phi) is 10.4. The quantitative estimate of drug-likeness (QED) is 0.154. The molecule has 10 aromatic rings. The monoisotopic (exact) mass is 965 g/mol. The molecule has 2 aliphatic carbocycles. The highest BCUT2D eigenvalue weighted by Crippen LogP contribution is 2.67. The molecule has 10 aromatic carbocycles. The Bertz CT molecular complexity index is 3730. The van der Waals surface area contributed by atoms with Crippen molar-refractivity contribution in [1.82, 2.24) is 0 Å². The number of anilines is 3. The van der Waals surface area contributed by atoms with Crippen LogP contribution in [-0.2, 0) is 10.8 Å². The normalized spacial score (nSPS) is 15.1. The van der Waals surface area contributed by atoms with Gasteiger partial charge in [0.15, 0.2) is 0 Å². The van der Waals surface area contributed by atoms with E-state index in [2.05, 4.69) is 277 Å². The third-order valence-corrected chi connectivity index (χ3v) is 17.5. The van der Waals surface area contributed by atoms with Gasteiger partial charge in [0.1, 0.15) is 11.5 Å². The molecule has 0 bridgehead atoms. The van der Waals surface area contributed by atoms with Gasteiger partial charge in [-0.1, -0.05) is 241 Å². The van der Waals surface area contributed by atoms with Crippen molar-refractivity contribution >= 4 is 40.2 Å². The fourth-order valence-corrected chi connectivity index (χ4v) is 14.5. The molecule has 2 spiro atoms. The van der Waals surface area contributed by atoms with E-state index in [1.807, 2.05) is 0 Å². The number of nitrogens with zero attached hydrogens (tertiary/aromatic N) is 1. The van der Waals surface area contributed by atoms with Gasteiger partial charge in [0.2, 0.25) is 0 Å². The fourth-order valence-electron chi connectivity index (χ4n) is 14.5. The first-order valence-electron chi connectivity index (χ1n) is 27.2. The molecule has 4 aliphatic rings. The highest BCUT2D eigenvalue weighted by atomic mass is 16.5. The molecular weight excluding hydrogens is 906 g/mol.